The lowest BCUT2D eigenvalue weighted by Crippen LogP contribution is -2.23. The number of fused-ring (bicyclic) bond motifs is 2. The van der Waals surface area contributed by atoms with Crippen molar-refractivity contribution in [1.29, 1.82) is 0 Å². The van der Waals surface area contributed by atoms with Crippen molar-refractivity contribution >= 4 is 11.9 Å². The van der Waals surface area contributed by atoms with Crippen LogP contribution in [0.2, 0.25) is 0 Å². The van der Waals surface area contributed by atoms with Gasteiger partial charge < -0.3 is 4.74 Å². The van der Waals surface area contributed by atoms with Gasteiger partial charge >= 0.3 is 5.97 Å². The lowest BCUT2D eigenvalue weighted by atomic mass is 9.99. The standard InChI is InChI=1S/C13H10N2O3/c1-18-13(17)11-7-9-6-8-4-2-3-5-10(8)12(16)15(9)14-11/h2-5,7H,6H2,1H3. The monoisotopic (exact) mass is 242 g/mol. The van der Waals surface area contributed by atoms with E-state index in [9.17, 15) is 9.59 Å². The van der Waals surface area contributed by atoms with E-state index >= 15 is 0 Å². The minimum absolute atomic E-state index is 0.161. The average Bonchev–Trinajstić information content (AvgIpc) is 2.82. The third-order valence-electron chi connectivity index (χ3n) is 2.99. The van der Waals surface area contributed by atoms with Gasteiger partial charge in [-0.2, -0.15) is 9.78 Å². The van der Waals surface area contributed by atoms with Crippen LogP contribution < -0.4 is 0 Å². The summed E-state index contributed by atoms with van der Waals surface area (Å²) in [5.41, 5.74) is 2.45. The predicted molar refractivity (Wildman–Crippen MR) is 62.5 cm³/mol. The third kappa shape index (κ3) is 1.44. The molecule has 1 aliphatic heterocycles. The van der Waals surface area contributed by atoms with E-state index in [0.717, 1.165) is 5.56 Å². The topological polar surface area (TPSA) is 61.2 Å². The van der Waals surface area contributed by atoms with E-state index in [1.54, 1.807) is 12.1 Å². The number of nitrogens with zero attached hydrogens (tertiary/aromatic N) is 2. The molecule has 0 saturated carbocycles. The zero-order valence-electron chi connectivity index (χ0n) is 9.71. The molecule has 0 atom stereocenters. The molecule has 2 heterocycles. The quantitative estimate of drug-likeness (QED) is 0.603. The number of ether oxygens (including phenoxy) is 1. The first kappa shape index (κ1) is 10.7. The van der Waals surface area contributed by atoms with Crippen LogP contribution in [0.3, 0.4) is 0 Å². The number of carbonyl (C=O) groups is 2. The van der Waals surface area contributed by atoms with Crippen LogP contribution in [0.4, 0.5) is 0 Å². The summed E-state index contributed by atoms with van der Waals surface area (Å²) in [6, 6.07) is 8.97. The van der Waals surface area contributed by atoms with Gasteiger partial charge in [0.25, 0.3) is 5.91 Å². The largest absolute Gasteiger partial charge is 0.464 e. The first-order valence-corrected chi connectivity index (χ1v) is 5.50. The van der Waals surface area contributed by atoms with Crippen LogP contribution in [-0.2, 0) is 11.2 Å². The fraction of sp³-hybridized carbons (Fsp3) is 0.154. The van der Waals surface area contributed by atoms with Crippen molar-refractivity contribution in [2.45, 2.75) is 6.42 Å². The summed E-state index contributed by atoms with van der Waals surface area (Å²) < 4.78 is 5.87. The van der Waals surface area contributed by atoms with Gasteiger partial charge in [0.1, 0.15) is 0 Å². The average molecular weight is 242 g/mol. The maximum atomic E-state index is 12.2. The summed E-state index contributed by atoms with van der Waals surface area (Å²) in [6.07, 6.45) is 0.589. The maximum absolute atomic E-state index is 12.2. The minimum atomic E-state index is -0.534. The molecule has 0 spiro atoms. The van der Waals surface area contributed by atoms with E-state index in [2.05, 4.69) is 9.84 Å². The fourth-order valence-electron chi connectivity index (χ4n) is 2.12. The number of esters is 1. The molecular formula is C13H10N2O3. The molecule has 5 heteroatoms. The Balaban J connectivity index is 2.10. The van der Waals surface area contributed by atoms with E-state index in [-0.39, 0.29) is 11.6 Å². The Morgan fingerprint density at radius 2 is 2.17 bits per heavy atom. The Kier molecular flexibility index (Phi) is 2.26. The second-order valence-electron chi connectivity index (χ2n) is 4.06. The molecular weight excluding hydrogens is 232 g/mol. The number of benzene rings is 1. The van der Waals surface area contributed by atoms with Crippen LogP contribution in [0.5, 0.6) is 0 Å². The van der Waals surface area contributed by atoms with Crippen molar-refractivity contribution in [1.82, 2.24) is 9.78 Å². The van der Waals surface area contributed by atoms with Gasteiger partial charge in [-0.05, 0) is 17.7 Å². The fourth-order valence-corrected chi connectivity index (χ4v) is 2.12. The number of hydrogen-bond donors (Lipinski definition) is 0. The van der Waals surface area contributed by atoms with Crippen LogP contribution in [0.25, 0.3) is 0 Å². The van der Waals surface area contributed by atoms with Gasteiger partial charge in [-0.1, -0.05) is 18.2 Å². The molecule has 0 saturated heterocycles. The highest BCUT2D eigenvalue weighted by molar-refractivity contribution is 5.99. The van der Waals surface area contributed by atoms with Crippen LogP contribution in [0.1, 0.15) is 32.1 Å². The molecule has 0 unspecified atom stereocenters. The molecule has 90 valence electrons. The van der Waals surface area contributed by atoms with Gasteiger partial charge in [-0.15, -0.1) is 0 Å². The molecule has 18 heavy (non-hydrogen) atoms. The highest BCUT2D eigenvalue weighted by Crippen LogP contribution is 2.22. The van der Waals surface area contributed by atoms with Gasteiger partial charge in [-0.25, -0.2) is 4.79 Å². The van der Waals surface area contributed by atoms with Crippen LogP contribution in [-0.4, -0.2) is 28.8 Å². The molecule has 1 aromatic carbocycles. The minimum Gasteiger partial charge on any atom is -0.464 e. The van der Waals surface area contributed by atoms with E-state index in [1.165, 1.54) is 11.8 Å². The van der Waals surface area contributed by atoms with Crippen molar-refractivity contribution in [2.24, 2.45) is 0 Å². The zero-order valence-corrected chi connectivity index (χ0v) is 9.71. The first-order chi connectivity index (χ1) is 8.70. The lowest BCUT2D eigenvalue weighted by Gasteiger charge is -2.15. The number of aromatic nitrogens is 2. The van der Waals surface area contributed by atoms with Crippen LogP contribution >= 0.6 is 0 Å². The number of rotatable bonds is 1. The lowest BCUT2D eigenvalue weighted by molar-refractivity contribution is 0.0593. The van der Waals surface area contributed by atoms with E-state index in [4.69, 9.17) is 0 Å². The number of carbonyl (C=O) groups excluding carboxylic acids is 2. The second-order valence-corrected chi connectivity index (χ2v) is 4.06. The molecule has 0 fully saturated rings. The smallest absolute Gasteiger partial charge is 0.358 e. The number of hydrogen-bond acceptors (Lipinski definition) is 4. The molecule has 3 rings (SSSR count). The summed E-state index contributed by atoms with van der Waals surface area (Å²) in [6.45, 7) is 0. The predicted octanol–water partition coefficient (Wildman–Crippen LogP) is 1.26. The molecule has 2 aromatic rings. The summed E-state index contributed by atoms with van der Waals surface area (Å²) in [5, 5.41) is 3.99. The molecule has 0 aliphatic carbocycles. The second kappa shape index (κ2) is 3.80. The Bertz CT molecular complexity index is 658. The molecule has 1 aliphatic rings. The number of methoxy groups -OCH3 is 1. The molecule has 0 radical (unpaired) electrons. The van der Waals surface area contributed by atoms with Crippen molar-refractivity contribution in [2.75, 3.05) is 7.11 Å². The van der Waals surface area contributed by atoms with Crippen LogP contribution in [0.15, 0.2) is 30.3 Å². The summed E-state index contributed by atoms with van der Waals surface area (Å²) in [4.78, 5) is 23.6. The summed E-state index contributed by atoms with van der Waals surface area (Å²) >= 11 is 0. The van der Waals surface area contributed by atoms with Crippen LogP contribution in [0, 0.1) is 0 Å². The Hall–Kier alpha value is -2.43. The van der Waals surface area contributed by atoms with Crippen molar-refractivity contribution in [3.8, 4) is 0 Å². The molecule has 1 aromatic heterocycles. The zero-order chi connectivity index (χ0) is 12.7. The molecule has 0 N–H and O–H groups in total. The van der Waals surface area contributed by atoms with Gasteiger partial charge in [0.15, 0.2) is 5.69 Å². The SMILES string of the molecule is COC(=O)c1cc2n(n1)C(=O)c1ccccc1C2. The van der Waals surface area contributed by atoms with E-state index in [0.29, 0.717) is 17.7 Å². The third-order valence-corrected chi connectivity index (χ3v) is 2.99. The van der Waals surface area contributed by atoms with E-state index in [1.807, 2.05) is 18.2 Å². The molecule has 0 amide bonds. The first-order valence-electron chi connectivity index (χ1n) is 5.50. The van der Waals surface area contributed by atoms with Gasteiger partial charge in [0.05, 0.1) is 12.8 Å². The summed E-state index contributed by atoms with van der Waals surface area (Å²) in [7, 11) is 1.29. The maximum Gasteiger partial charge on any atom is 0.358 e. The normalized spacial score (nSPS) is 12.8. The summed E-state index contributed by atoms with van der Waals surface area (Å²) in [5.74, 6) is -0.740. The van der Waals surface area contributed by atoms with Gasteiger partial charge in [0.2, 0.25) is 0 Å². The molecule has 5 nitrogen and oxygen atoms in total. The van der Waals surface area contributed by atoms with Crippen molar-refractivity contribution < 1.29 is 14.3 Å². The van der Waals surface area contributed by atoms with Gasteiger partial charge in [-0.3, -0.25) is 4.79 Å². The highest BCUT2D eigenvalue weighted by atomic mass is 16.5. The van der Waals surface area contributed by atoms with Crippen molar-refractivity contribution in [3.05, 3.63) is 52.8 Å². The Morgan fingerprint density at radius 3 is 2.94 bits per heavy atom. The Morgan fingerprint density at radius 1 is 1.39 bits per heavy atom. The van der Waals surface area contributed by atoms with Crippen molar-refractivity contribution in [3.63, 3.8) is 0 Å². The van der Waals surface area contributed by atoms with Gasteiger partial charge in [0, 0.05) is 12.0 Å². The highest BCUT2D eigenvalue weighted by Gasteiger charge is 2.26. The van der Waals surface area contributed by atoms with E-state index < -0.39 is 5.97 Å². The Labute approximate surface area is 103 Å². The molecule has 0 bridgehead atoms.